The molecule has 0 aromatic rings. The number of esters is 3. The van der Waals surface area contributed by atoms with Crippen molar-refractivity contribution >= 4 is 17.9 Å². The van der Waals surface area contributed by atoms with Gasteiger partial charge in [-0.15, -0.1) is 0 Å². The van der Waals surface area contributed by atoms with Gasteiger partial charge in [0, 0.05) is 18.2 Å². The maximum Gasteiger partial charge on any atom is 0.330 e. The van der Waals surface area contributed by atoms with Crippen LogP contribution in [0.3, 0.4) is 0 Å². The summed E-state index contributed by atoms with van der Waals surface area (Å²) in [5.41, 5.74) is -1.36. The Morgan fingerprint density at radius 1 is 0.792 bits per heavy atom. The lowest BCUT2D eigenvalue weighted by atomic mass is 9.92. The lowest BCUT2D eigenvalue weighted by Gasteiger charge is -2.26. The van der Waals surface area contributed by atoms with Crippen LogP contribution in [0.2, 0.25) is 0 Å². The molecule has 0 saturated carbocycles. The van der Waals surface area contributed by atoms with Gasteiger partial charge in [0.05, 0.1) is 6.26 Å². The Bertz CT molecular complexity index is 518. The van der Waals surface area contributed by atoms with Crippen LogP contribution in [-0.4, -0.2) is 37.7 Å². The molecule has 0 aromatic carbocycles. The van der Waals surface area contributed by atoms with Crippen LogP contribution < -0.4 is 0 Å². The van der Waals surface area contributed by atoms with Crippen molar-refractivity contribution in [3.63, 3.8) is 0 Å². The highest BCUT2D eigenvalue weighted by atomic mass is 16.6. The van der Waals surface area contributed by atoms with E-state index in [9.17, 15) is 14.4 Å². The average Bonchev–Trinajstić information content (AvgIpc) is 2.61. The second-order valence-corrected chi connectivity index (χ2v) is 4.23. The van der Waals surface area contributed by atoms with Crippen LogP contribution in [0, 0.1) is 17.4 Å². The summed E-state index contributed by atoms with van der Waals surface area (Å²) in [6.45, 7) is 12.1. The van der Waals surface area contributed by atoms with Crippen LogP contribution in [0.4, 0.5) is 0 Å². The highest BCUT2D eigenvalue weighted by Crippen LogP contribution is 2.19. The van der Waals surface area contributed by atoms with E-state index in [1.165, 1.54) is 0 Å². The Morgan fingerprint density at radius 3 is 1.46 bits per heavy atom. The van der Waals surface area contributed by atoms with Crippen LogP contribution in [0.25, 0.3) is 0 Å². The highest BCUT2D eigenvalue weighted by molar-refractivity contribution is 5.82. The third-order valence-corrected chi connectivity index (χ3v) is 2.43. The molecule has 0 rings (SSSR count). The van der Waals surface area contributed by atoms with Gasteiger partial charge < -0.3 is 18.9 Å². The number of ether oxygens (including phenoxy) is 4. The summed E-state index contributed by atoms with van der Waals surface area (Å²) in [5.74, 6) is 0.416. The van der Waals surface area contributed by atoms with Crippen LogP contribution in [0.15, 0.2) is 50.8 Å². The van der Waals surface area contributed by atoms with Crippen molar-refractivity contribution in [2.24, 2.45) is 5.41 Å². The fourth-order valence-electron chi connectivity index (χ4n) is 1.22. The fourth-order valence-corrected chi connectivity index (χ4v) is 1.22. The first kappa shape index (κ1) is 20.7. The maximum atomic E-state index is 11.3. The number of rotatable bonds is 10. The Kier molecular flexibility index (Phi) is 9.78. The van der Waals surface area contributed by atoms with Gasteiger partial charge in [0.15, 0.2) is 0 Å². The zero-order valence-corrected chi connectivity index (χ0v) is 13.1. The van der Waals surface area contributed by atoms with Crippen LogP contribution in [0.1, 0.15) is 0 Å². The summed E-state index contributed by atoms with van der Waals surface area (Å²) in [5, 5.41) is 0. The van der Waals surface area contributed by atoms with E-state index in [2.05, 4.69) is 38.3 Å². The predicted octanol–water partition coefficient (Wildman–Crippen LogP) is 1.28. The lowest BCUT2D eigenvalue weighted by molar-refractivity contribution is -0.151. The molecular formula is C17H18O7. The van der Waals surface area contributed by atoms with Gasteiger partial charge in [-0.05, 0) is 5.92 Å². The summed E-state index contributed by atoms with van der Waals surface area (Å²) in [7, 11) is 0. The van der Waals surface area contributed by atoms with Crippen molar-refractivity contribution in [1.82, 2.24) is 0 Å². The molecule has 0 N–H and O–H groups in total. The molecule has 0 spiro atoms. The molecule has 7 heteroatoms. The number of hydrogen-bond donors (Lipinski definition) is 0. The quantitative estimate of drug-likeness (QED) is 0.195. The Labute approximate surface area is 140 Å². The van der Waals surface area contributed by atoms with E-state index in [0.717, 1.165) is 24.5 Å². The maximum absolute atomic E-state index is 11.3. The van der Waals surface area contributed by atoms with Gasteiger partial charge in [-0.3, -0.25) is 0 Å². The second-order valence-electron chi connectivity index (χ2n) is 4.23. The van der Waals surface area contributed by atoms with E-state index in [4.69, 9.17) is 18.9 Å². The van der Waals surface area contributed by atoms with Crippen molar-refractivity contribution in [3.8, 4) is 12.0 Å². The SMILES string of the molecule is C=COC#CC(COC(=O)C=C)(COC(=O)C=C)COC(=O)C=C. The van der Waals surface area contributed by atoms with Crippen molar-refractivity contribution in [1.29, 1.82) is 0 Å². The Morgan fingerprint density at radius 2 is 1.17 bits per heavy atom. The number of hydrogen-bond acceptors (Lipinski definition) is 7. The van der Waals surface area contributed by atoms with Crippen LogP contribution >= 0.6 is 0 Å². The van der Waals surface area contributed by atoms with Gasteiger partial charge in [-0.1, -0.05) is 26.3 Å². The van der Waals surface area contributed by atoms with Gasteiger partial charge in [-0.25, -0.2) is 14.4 Å². The van der Waals surface area contributed by atoms with Crippen molar-refractivity contribution < 1.29 is 33.3 Å². The van der Waals surface area contributed by atoms with E-state index >= 15 is 0 Å². The Balaban J connectivity index is 5.41. The van der Waals surface area contributed by atoms with Crippen molar-refractivity contribution in [2.45, 2.75) is 0 Å². The second kappa shape index (κ2) is 11.3. The first-order chi connectivity index (χ1) is 11.4. The number of carbonyl (C=O) groups is 3. The van der Waals surface area contributed by atoms with E-state index < -0.39 is 23.3 Å². The largest absolute Gasteiger partial charge is 0.461 e. The standard InChI is InChI=1S/C17H18O7/c1-5-14(18)22-11-17(9-10-21-8-4,12-23-15(19)6-2)13-24-16(20)7-3/h5-8H,1-4,11-13H2. The molecule has 0 radical (unpaired) electrons. The zero-order valence-electron chi connectivity index (χ0n) is 13.1. The fraction of sp³-hybridized carbons (Fsp3) is 0.235. The molecule has 0 atom stereocenters. The third kappa shape index (κ3) is 8.24. The summed E-state index contributed by atoms with van der Waals surface area (Å²) in [6.07, 6.45) is 6.20. The van der Waals surface area contributed by atoms with Crippen molar-refractivity contribution in [3.05, 3.63) is 50.8 Å². The van der Waals surface area contributed by atoms with E-state index in [0.29, 0.717) is 0 Å². The first-order valence-electron chi connectivity index (χ1n) is 6.59. The molecule has 0 bridgehead atoms. The molecular weight excluding hydrogens is 316 g/mol. The molecule has 24 heavy (non-hydrogen) atoms. The van der Waals surface area contributed by atoms with Crippen molar-refractivity contribution in [2.75, 3.05) is 19.8 Å². The van der Waals surface area contributed by atoms with Gasteiger partial charge in [0.1, 0.15) is 31.3 Å². The number of carbonyl (C=O) groups excluding carboxylic acids is 3. The minimum atomic E-state index is -1.36. The third-order valence-electron chi connectivity index (χ3n) is 2.43. The molecule has 7 nitrogen and oxygen atoms in total. The smallest absolute Gasteiger partial charge is 0.330 e. The molecule has 0 aromatic heterocycles. The molecule has 0 fully saturated rings. The Hall–Kier alpha value is -3.27. The molecule has 128 valence electrons. The summed E-state index contributed by atoms with van der Waals surface area (Å²) in [6, 6.07) is 0. The minimum absolute atomic E-state index is 0.347. The van der Waals surface area contributed by atoms with Crippen LogP contribution in [0.5, 0.6) is 0 Å². The molecule has 0 saturated heterocycles. The normalized spacial score (nSPS) is 9.33. The average molecular weight is 334 g/mol. The molecule has 0 aliphatic carbocycles. The highest BCUT2D eigenvalue weighted by Gasteiger charge is 2.34. The van der Waals surface area contributed by atoms with Gasteiger partial charge in [0.25, 0.3) is 0 Å². The minimum Gasteiger partial charge on any atom is -0.461 e. The van der Waals surface area contributed by atoms with E-state index in [1.54, 1.807) is 0 Å². The zero-order chi connectivity index (χ0) is 18.4. The monoisotopic (exact) mass is 334 g/mol. The van der Waals surface area contributed by atoms with E-state index in [1.807, 2.05) is 0 Å². The molecule has 0 amide bonds. The lowest BCUT2D eigenvalue weighted by Crippen LogP contribution is -2.38. The summed E-state index contributed by atoms with van der Waals surface area (Å²) in [4.78, 5) is 33.9. The summed E-state index contributed by atoms with van der Waals surface area (Å²) < 4.78 is 19.5. The van der Waals surface area contributed by atoms with Crippen LogP contribution in [-0.2, 0) is 33.3 Å². The predicted molar refractivity (Wildman–Crippen MR) is 85.0 cm³/mol. The summed E-state index contributed by atoms with van der Waals surface area (Å²) >= 11 is 0. The van der Waals surface area contributed by atoms with E-state index in [-0.39, 0.29) is 19.8 Å². The molecule has 0 heterocycles. The molecule has 0 unspecified atom stereocenters. The van der Waals surface area contributed by atoms with Gasteiger partial charge >= 0.3 is 17.9 Å². The topological polar surface area (TPSA) is 88.1 Å². The van der Waals surface area contributed by atoms with Gasteiger partial charge in [-0.2, -0.15) is 0 Å². The first-order valence-corrected chi connectivity index (χ1v) is 6.59. The molecule has 0 aliphatic heterocycles. The molecule has 0 aliphatic rings. The van der Waals surface area contributed by atoms with Gasteiger partial charge in [0.2, 0.25) is 0 Å².